The molecule has 0 bridgehead atoms. The summed E-state index contributed by atoms with van der Waals surface area (Å²) >= 11 is 0. The predicted molar refractivity (Wildman–Crippen MR) is 198 cm³/mol. The van der Waals surface area contributed by atoms with Gasteiger partial charge in [0, 0.05) is 38.3 Å². The zero-order valence-electron chi connectivity index (χ0n) is 26.4. The highest BCUT2D eigenvalue weighted by atomic mass is 15.0. The van der Waals surface area contributed by atoms with Gasteiger partial charge in [-0.3, -0.25) is 0 Å². The summed E-state index contributed by atoms with van der Waals surface area (Å²) in [4.78, 5) is 0. The molecular weight excluding hydrogens is 569 g/mol. The largest absolute Gasteiger partial charge is 0.309 e. The summed E-state index contributed by atoms with van der Waals surface area (Å²) in [5.41, 5.74) is 15.2. The van der Waals surface area contributed by atoms with Gasteiger partial charge >= 0.3 is 0 Å². The second-order valence-electron chi connectivity index (χ2n) is 13.4. The average Bonchev–Trinajstić information content (AvgIpc) is 3.71. The van der Waals surface area contributed by atoms with Crippen LogP contribution in [-0.4, -0.2) is 9.13 Å². The van der Waals surface area contributed by atoms with Gasteiger partial charge in [0.2, 0.25) is 0 Å². The van der Waals surface area contributed by atoms with Crippen LogP contribution in [0.2, 0.25) is 0 Å². The zero-order valence-corrected chi connectivity index (χ0v) is 26.4. The molecule has 0 N–H and O–H groups in total. The summed E-state index contributed by atoms with van der Waals surface area (Å²) < 4.78 is 4.82. The van der Waals surface area contributed by atoms with Gasteiger partial charge in [0.15, 0.2) is 0 Å². The summed E-state index contributed by atoms with van der Waals surface area (Å²) in [5, 5.41) is 5.08. The smallest absolute Gasteiger partial charge is 0.0541 e. The molecule has 2 heteroatoms. The fraction of sp³-hybridized carbons (Fsp3) is 0.0667. The average molecular weight is 601 g/mol. The van der Waals surface area contributed by atoms with Gasteiger partial charge in [-0.25, -0.2) is 0 Å². The van der Waals surface area contributed by atoms with Crippen LogP contribution in [0.3, 0.4) is 0 Å². The fourth-order valence-corrected chi connectivity index (χ4v) is 8.29. The zero-order chi connectivity index (χ0) is 31.3. The number of fused-ring (bicyclic) bond motifs is 9. The normalized spacial score (nSPS) is 13.5. The second-order valence-corrected chi connectivity index (χ2v) is 13.4. The first kappa shape index (κ1) is 26.4. The number of hydrogen-bond donors (Lipinski definition) is 0. The quantitative estimate of drug-likeness (QED) is 0.191. The standard InChI is InChI=1S/C45H32N2/c1-45(2)39-17-9-6-14-33(39)36-28-32(22-23-40(36)45)47-42-19-11-8-16-35(42)38-27-30(21-25-44(38)47)29-20-24-43-37(26-29)34-15-7-10-18-41(34)46(43)31-12-4-3-5-13-31/h3-28H,1-2H3. The molecule has 0 radical (unpaired) electrons. The number of benzene rings is 7. The highest BCUT2D eigenvalue weighted by Gasteiger charge is 2.35. The number of para-hydroxylation sites is 3. The van der Waals surface area contributed by atoms with Gasteiger partial charge in [-0.2, -0.15) is 0 Å². The van der Waals surface area contributed by atoms with Crippen molar-refractivity contribution in [3.63, 3.8) is 0 Å². The topological polar surface area (TPSA) is 9.86 Å². The van der Waals surface area contributed by atoms with Gasteiger partial charge in [-0.05, 0) is 94.0 Å². The maximum absolute atomic E-state index is 2.44. The predicted octanol–water partition coefficient (Wildman–Crippen LogP) is 11.9. The lowest BCUT2D eigenvalue weighted by Crippen LogP contribution is -2.14. The lowest BCUT2D eigenvalue weighted by Gasteiger charge is -2.21. The van der Waals surface area contributed by atoms with Crippen LogP contribution in [0.15, 0.2) is 158 Å². The Morgan fingerprint density at radius 2 is 0.872 bits per heavy atom. The molecule has 0 saturated carbocycles. The Labute approximate surface area is 273 Å². The third-order valence-electron chi connectivity index (χ3n) is 10.5. The molecule has 2 nitrogen and oxygen atoms in total. The van der Waals surface area contributed by atoms with E-state index in [2.05, 4.69) is 181 Å². The lowest BCUT2D eigenvalue weighted by atomic mass is 9.82. The molecule has 2 aromatic heterocycles. The van der Waals surface area contributed by atoms with E-state index in [0.29, 0.717) is 0 Å². The van der Waals surface area contributed by atoms with E-state index in [1.54, 1.807) is 0 Å². The molecule has 9 aromatic rings. The third-order valence-corrected chi connectivity index (χ3v) is 10.5. The van der Waals surface area contributed by atoms with Gasteiger partial charge in [0.1, 0.15) is 0 Å². The van der Waals surface area contributed by atoms with E-state index in [1.165, 1.54) is 88.4 Å². The van der Waals surface area contributed by atoms with Gasteiger partial charge in [0.25, 0.3) is 0 Å². The van der Waals surface area contributed by atoms with Crippen molar-refractivity contribution >= 4 is 43.6 Å². The van der Waals surface area contributed by atoms with E-state index in [4.69, 9.17) is 0 Å². The SMILES string of the molecule is CC1(C)c2ccccc2-c2cc(-n3c4ccccc4c4cc(-c5ccc6c(c5)c5ccccc5n6-c5ccccc5)ccc43)ccc21. The van der Waals surface area contributed by atoms with Crippen LogP contribution in [0.4, 0.5) is 0 Å². The van der Waals surface area contributed by atoms with Crippen LogP contribution in [0.1, 0.15) is 25.0 Å². The number of hydrogen-bond acceptors (Lipinski definition) is 0. The van der Waals surface area contributed by atoms with E-state index >= 15 is 0 Å². The first-order valence-corrected chi connectivity index (χ1v) is 16.4. The molecule has 1 aliphatic rings. The minimum Gasteiger partial charge on any atom is -0.309 e. The van der Waals surface area contributed by atoms with Gasteiger partial charge in [-0.15, -0.1) is 0 Å². The Balaban J connectivity index is 1.16. The van der Waals surface area contributed by atoms with Crippen molar-refractivity contribution in [1.29, 1.82) is 0 Å². The minimum absolute atomic E-state index is 0.00527. The molecule has 47 heavy (non-hydrogen) atoms. The highest BCUT2D eigenvalue weighted by Crippen LogP contribution is 2.49. The van der Waals surface area contributed by atoms with Crippen LogP contribution in [0, 0.1) is 0 Å². The Bertz CT molecular complexity index is 2700. The molecule has 222 valence electrons. The molecule has 0 amide bonds. The molecule has 0 atom stereocenters. The first-order valence-electron chi connectivity index (χ1n) is 16.4. The van der Waals surface area contributed by atoms with Crippen molar-refractivity contribution in [1.82, 2.24) is 9.13 Å². The molecule has 0 unspecified atom stereocenters. The van der Waals surface area contributed by atoms with Gasteiger partial charge in [0.05, 0.1) is 22.1 Å². The summed E-state index contributed by atoms with van der Waals surface area (Å²) in [6, 6.07) is 58.1. The lowest BCUT2D eigenvalue weighted by molar-refractivity contribution is 0.660. The monoisotopic (exact) mass is 600 g/mol. The Morgan fingerprint density at radius 3 is 1.53 bits per heavy atom. The van der Waals surface area contributed by atoms with Crippen molar-refractivity contribution in [3.8, 4) is 33.6 Å². The molecule has 0 spiro atoms. The van der Waals surface area contributed by atoms with Crippen molar-refractivity contribution in [3.05, 3.63) is 169 Å². The van der Waals surface area contributed by atoms with E-state index in [-0.39, 0.29) is 5.41 Å². The molecule has 0 aliphatic heterocycles. The molecule has 10 rings (SSSR count). The second kappa shape index (κ2) is 9.57. The van der Waals surface area contributed by atoms with Crippen LogP contribution >= 0.6 is 0 Å². The summed E-state index contributed by atoms with van der Waals surface area (Å²) in [6.07, 6.45) is 0. The first-order chi connectivity index (χ1) is 23.1. The van der Waals surface area contributed by atoms with Crippen molar-refractivity contribution < 1.29 is 0 Å². The van der Waals surface area contributed by atoms with Crippen LogP contribution in [0.25, 0.3) is 77.2 Å². The third kappa shape index (κ3) is 3.67. The molecular formula is C45H32N2. The van der Waals surface area contributed by atoms with Gasteiger partial charge < -0.3 is 9.13 Å². The summed E-state index contributed by atoms with van der Waals surface area (Å²) in [5.74, 6) is 0. The van der Waals surface area contributed by atoms with E-state index in [9.17, 15) is 0 Å². The Kier molecular flexibility index (Phi) is 5.37. The summed E-state index contributed by atoms with van der Waals surface area (Å²) in [6.45, 7) is 4.69. The van der Waals surface area contributed by atoms with Crippen LogP contribution in [0.5, 0.6) is 0 Å². The maximum atomic E-state index is 2.44. The van der Waals surface area contributed by atoms with Crippen molar-refractivity contribution in [2.45, 2.75) is 19.3 Å². The van der Waals surface area contributed by atoms with Crippen LogP contribution < -0.4 is 0 Å². The van der Waals surface area contributed by atoms with E-state index < -0.39 is 0 Å². The maximum Gasteiger partial charge on any atom is 0.0541 e. The number of nitrogens with zero attached hydrogens (tertiary/aromatic N) is 2. The minimum atomic E-state index is -0.00527. The Morgan fingerprint density at radius 1 is 0.362 bits per heavy atom. The number of rotatable bonds is 3. The molecule has 1 aliphatic carbocycles. The van der Waals surface area contributed by atoms with Crippen LogP contribution in [-0.2, 0) is 5.41 Å². The fourth-order valence-electron chi connectivity index (χ4n) is 8.29. The molecule has 2 heterocycles. The van der Waals surface area contributed by atoms with E-state index in [1.807, 2.05) is 0 Å². The number of aromatic nitrogens is 2. The molecule has 0 fully saturated rings. The van der Waals surface area contributed by atoms with Crippen molar-refractivity contribution in [2.75, 3.05) is 0 Å². The Hall–Kier alpha value is -5.86. The summed E-state index contributed by atoms with van der Waals surface area (Å²) in [7, 11) is 0. The highest BCUT2D eigenvalue weighted by molar-refractivity contribution is 6.12. The molecule has 0 saturated heterocycles. The van der Waals surface area contributed by atoms with E-state index in [0.717, 1.165) is 0 Å². The van der Waals surface area contributed by atoms with Gasteiger partial charge in [-0.1, -0.05) is 111 Å². The molecule has 7 aromatic carbocycles. The van der Waals surface area contributed by atoms with Crippen molar-refractivity contribution in [2.24, 2.45) is 0 Å².